The van der Waals surface area contributed by atoms with E-state index in [9.17, 15) is 4.79 Å². The summed E-state index contributed by atoms with van der Waals surface area (Å²) in [6, 6.07) is 7.36. The number of carbonyl (C=O) groups excluding carboxylic acids is 1. The number of hydrogen-bond donors (Lipinski definition) is 0. The van der Waals surface area contributed by atoms with Crippen LogP contribution >= 0.6 is 11.6 Å². The molecule has 29 heavy (non-hydrogen) atoms. The molecule has 154 valence electrons. The number of ether oxygens (including phenoxy) is 2. The van der Waals surface area contributed by atoms with E-state index in [1.54, 1.807) is 14.0 Å². The third kappa shape index (κ3) is 3.31. The highest BCUT2D eigenvalue weighted by Crippen LogP contribution is 2.64. The zero-order chi connectivity index (χ0) is 20.2. The highest BCUT2D eigenvalue weighted by molar-refractivity contribution is 6.24. The van der Waals surface area contributed by atoms with Crippen LogP contribution < -0.4 is 4.74 Å². The predicted molar refractivity (Wildman–Crippen MR) is 106 cm³/mol. The molecule has 0 amide bonds. The van der Waals surface area contributed by atoms with Crippen molar-refractivity contribution in [1.29, 1.82) is 0 Å². The molecule has 3 atom stereocenters. The number of esters is 1. The van der Waals surface area contributed by atoms with Crippen LogP contribution in [-0.2, 0) is 9.53 Å². The molecular weight excluding hydrogens is 392 g/mol. The van der Waals surface area contributed by atoms with Gasteiger partial charge in [-0.3, -0.25) is 4.79 Å². The molecule has 4 fully saturated rings. The van der Waals surface area contributed by atoms with Gasteiger partial charge in [0.15, 0.2) is 6.10 Å². The van der Waals surface area contributed by atoms with E-state index in [2.05, 4.69) is 10.2 Å². The van der Waals surface area contributed by atoms with E-state index < -0.39 is 11.5 Å². The first kappa shape index (κ1) is 18.9. The maximum absolute atomic E-state index is 13.2. The summed E-state index contributed by atoms with van der Waals surface area (Å²) in [5, 5.41) is 8.20. The molecule has 6 rings (SSSR count). The number of benzene rings is 1. The van der Waals surface area contributed by atoms with Gasteiger partial charge in [0.25, 0.3) is 5.89 Å². The van der Waals surface area contributed by atoms with E-state index >= 15 is 0 Å². The molecule has 0 radical (unpaired) electrons. The van der Waals surface area contributed by atoms with Gasteiger partial charge in [0.05, 0.1) is 12.5 Å². The minimum Gasteiger partial charge on any atom is -0.497 e. The Hall–Kier alpha value is -2.08. The van der Waals surface area contributed by atoms with Crippen LogP contribution in [0.1, 0.15) is 57.4 Å². The van der Waals surface area contributed by atoms with E-state index in [0.717, 1.165) is 43.4 Å². The summed E-state index contributed by atoms with van der Waals surface area (Å²) in [6.45, 7) is 1.78. The van der Waals surface area contributed by atoms with E-state index in [1.165, 1.54) is 6.42 Å². The van der Waals surface area contributed by atoms with Gasteiger partial charge in [-0.1, -0.05) is 0 Å². The molecule has 2 aromatic rings. The van der Waals surface area contributed by atoms with Gasteiger partial charge in [0.2, 0.25) is 5.89 Å². The van der Waals surface area contributed by atoms with Crippen molar-refractivity contribution in [2.24, 2.45) is 17.3 Å². The quantitative estimate of drug-likeness (QED) is 0.508. The smallest absolute Gasteiger partial charge is 0.312 e. The van der Waals surface area contributed by atoms with Crippen LogP contribution in [0.5, 0.6) is 5.75 Å². The lowest BCUT2D eigenvalue weighted by Crippen LogP contribution is -2.56. The topological polar surface area (TPSA) is 74.5 Å². The Balaban J connectivity index is 1.30. The SMILES string of the molecule is COc1ccc(-c2nnc([C@@H](C)OC(=O)C34C[C@H]5C[C@@H](CC(Cl)(C5)C3)C4)o2)cc1. The summed E-state index contributed by atoms with van der Waals surface area (Å²) >= 11 is 6.85. The number of methoxy groups -OCH3 is 1. The van der Waals surface area contributed by atoms with Crippen molar-refractivity contribution in [3.8, 4) is 17.2 Å². The zero-order valence-corrected chi connectivity index (χ0v) is 17.4. The Morgan fingerprint density at radius 1 is 1.17 bits per heavy atom. The molecule has 4 aliphatic rings. The number of alkyl halides is 1. The minimum absolute atomic E-state index is 0.159. The number of hydrogen-bond acceptors (Lipinski definition) is 6. The lowest BCUT2D eigenvalue weighted by Gasteiger charge is -2.58. The highest BCUT2D eigenvalue weighted by Gasteiger charge is 2.61. The van der Waals surface area contributed by atoms with Crippen LogP contribution in [0.15, 0.2) is 28.7 Å². The molecule has 0 N–H and O–H groups in total. The molecule has 4 bridgehead atoms. The highest BCUT2D eigenvalue weighted by atomic mass is 35.5. The van der Waals surface area contributed by atoms with E-state index in [1.807, 2.05) is 24.3 Å². The second kappa shape index (κ2) is 6.73. The second-order valence-corrected chi connectivity index (χ2v) is 9.92. The Bertz CT molecular complexity index is 911. The predicted octanol–water partition coefficient (Wildman–Crippen LogP) is 4.93. The fourth-order valence-electron chi connectivity index (χ4n) is 5.97. The van der Waals surface area contributed by atoms with Crippen molar-refractivity contribution >= 4 is 17.6 Å². The summed E-state index contributed by atoms with van der Waals surface area (Å²) in [5.74, 6) is 2.37. The molecule has 0 aliphatic heterocycles. The molecule has 1 heterocycles. The lowest BCUT2D eigenvalue weighted by atomic mass is 9.49. The number of nitrogens with zero attached hydrogens (tertiary/aromatic N) is 2. The lowest BCUT2D eigenvalue weighted by molar-refractivity contribution is -0.176. The van der Waals surface area contributed by atoms with Gasteiger partial charge in [-0.05, 0) is 81.5 Å². The van der Waals surface area contributed by atoms with Crippen molar-refractivity contribution < 1.29 is 18.7 Å². The maximum Gasteiger partial charge on any atom is 0.312 e. The van der Waals surface area contributed by atoms with Gasteiger partial charge in [0.1, 0.15) is 5.75 Å². The third-order valence-corrected chi connectivity index (χ3v) is 7.27. The van der Waals surface area contributed by atoms with Crippen LogP contribution in [0, 0.1) is 17.3 Å². The van der Waals surface area contributed by atoms with E-state index in [4.69, 9.17) is 25.5 Å². The van der Waals surface area contributed by atoms with Crippen LogP contribution in [0.25, 0.3) is 11.5 Å². The van der Waals surface area contributed by atoms with E-state index in [-0.39, 0.29) is 10.8 Å². The third-order valence-electron chi connectivity index (χ3n) is 6.83. The molecule has 4 saturated carbocycles. The van der Waals surface area contributed by atoms with Crippen molar-refractivity contribution in [3.63, 3.8) is 0 Å². The average molecular weight is 417 g/mol. The maximum atomic E-state index is 13.2. The minimum atomic E-state index is -0.596. The van der Waals surface area contributed by atoms with Crippen molar-refractivity contribution in [1.82, 2.24) is 10.2 Å². The number of halogens is 1. The summed E-state index contributed by atoms with van der Waals surface area (Å²) in [4.78, 5) is 13.0. The van der Waals surface area contributed by atoms with Gasteiger partial charge in [-0.2, -0.15) is 0 Å². The van der Waals surface area contributed by atoms with Gasteiger partial charge < -0.3 is 13.9 Å². The first-order chi connectivity index (χ1) is 13.9. The van der Waals surface area contributed by atoms with Crippen molar-refractivity contribution in [3.05, 3.63) is 30.2 Å². The summed E-state index contributed by atoms with van der Waals surface area (Å²) in [6.07, 6.45) is 5.18. The van der Waals surface area contributed by atoms with Gasteiger partial charge in [-0.25, -0.2) is 0 Å². The number of carbonyl (C=O) groups is 1. The van der Waals surface area contributed by atoms with Crippen molar-refractivity contribution in [2.75, 3.05) is 7.11 Å². The summed E-state index contributed by atoms with van der Waals surface area (Å²) < 4.78 is 16.8. The molecule has 4 aliphatic carbocycles. The Kier molecular flexibility index (Phi) is 4.39. The number of rotatable bonds is 5. The fraction of sp³-hybridized carbons (Fsp3) is 0.591. The second-order valence-electron chi connectivity index (χ2n) is 9.11. The Labute approximate surface area is 174 Å². The van der Waals surface area contributed by atoms with Crippen LogP contribution in [-0.4, -0.2) is 28.2 Å². The largest absolute Gasteiger partial charge is 0.497 e. The van der Waals surface area contributed by atoms with Gasteiger partial charge in [-0.15, -0.1) is 21.8 Å². The molecule has 0 spiro atoms. The van der Waals surface area contributed by atoms with Crippen LogP contribution in [0.3, 0.4) is 0 Å². The summed E-state index contributed by atoms with van der Waals surface area (Å²) in [7, 11) is 1.62. The molecule has 0 saturated heterocycles. The molecule has 1 aromatic carbocycles. The van der Waals surface area contributed by atoms with Crippen LogP contribution in [0.2, 0.25) is 0 Å². The molecule has 7 heteroatoms. The monoisotopic (exact) mass is 416 g/mol. The van der Waals surface area contributed by atoms with Gasteiger partial charge >= 0.3 is 5.97 Å². The molecule has 1 aromatic heterocycles. The Morgan fingerprint density at radius 2 is 1.86 bits per heavy atom. The average Bonchev–Trinajstić information content (AvgIpc) is 3.16. The molecule has 0 unspecified atom stereocenters. The fourth-order valence-corrected chi connectivity index (χ4v) is 6.67. The Morgan fingerprint density at radius 3 is 2.48 bits per heavy atom. The normalized spacial score (nSPS) is 33.5. The zero-order valence-electron chi connectivity index (χ0n) is 16.7. The van der Waals surface area contributed by atoms with E-state index in [0.29, 0.717) is 23.6 Å². The van der Waals surface area contributed by atoms with Gasteiger partial charge in [0, 0.05) is 10.4 Å². The molecule has 6 nitrogen and oxygen atoms in total. The first-order valence-corrected chi connectivity index (χ1v) is 10.6. The number of aromatic nitrogens is 2. The summed E-state index contributed by atoms with van der Waals surface area (Å²) in [5.41, 5.74) is 0.340. The van der Waals surface area contributed by atoms with Crippen LogP contribution in [0.4, 0.5) is 0 Å². The standard InChI is InChI=1S/C22H25ClN2O4/c1-13(18-24-25-19(29-18)16-3-5-17(27-2)6-4-16)28-20(26)21-8-14-7-15(9-21)11-22(23,10-14)12-21/h3-6,13-15H,7-12H2,1-2H3/t13-,14-,15-,21?,22?/m1/s1. The first-order valence-electron chi connectivity index (χ1n) is 10.3. The molecular formula is C22H25ClN2O4. The van der Waals surface area contributed by atoms with Crippen molar-refractivity contribution in [2.45, 2.75) is 56.4 Å².